The molecular weight excluding hydrogens is 236 g/mol. The third kappa shape index (κ3) is 4.17. The quantitative estimate of drug-likeness (QED) is 0.847. The van der Waals surface area contributed by atoms with E-state index in [0.29, 0.717) is 12.0 Å². The van der Waals surface area contributed by atoms with Gasteiger partial charge >= 0.3 is 0 Å². The van der Waals surface area contributed by atoms with Gasteiger partial charge in [-0.2, -0.15) is 0 Å². The lowest BCUT2D eigenvalue weighted by Crippen LogP contribution is -2.53. The van der Waals surface area contributed by atoms with Crippen molar-refractivity contribution in [2.75, 3.05) is 33.2 Å². The summed E-state index contributed by atoms with van der Waals surface area (Å²) in [6.07, 6.45) is 6.09. The number of aliphatic hydroxyl groups excluding tert-OH is 1. The van der Waals surface area contributed by atoms with Crippen LogP contribution in [0.15, 0.2) is 0 Å². The fourth-order valence-corrected chi connectivity index (χ4v) is 3.96. The molecule has 0 aromatic rings. The molecule has 0 spiro atoms. The van der Waals surface area contributed by atoms with E-state index in [1.165, 1.54) is 45.3 Å². The fraction of sp³-hybridized carbons (Fsp3) is 1.00. The molecule has 1 saturated carbocycles. The van der Waals surface area contributed by atoms with E-state index in [2.05, 4.69) is 30.7 Å². The van der Waals surface area contributed by atoms with Crippen molar-refractivity contribution in [3.8, 4) is 0 Å². The molecule has 3 nitrogen and oxygen atoms in total. The molecule has 4 unspecified atom stereocenters. The zero-order chi connectivity index (χ0) is 13.8. The molecule has 1 heterocycles. The number of rotatable bonds is 4. The Hall–Kier alpha value is -0.120. The summed E-state index contributed by atoms with van der Waals surface area (Å²) < 4.78 is 0. The number of likely N-dealkylation sites (N-methyl/N-ethyl adjacent to an activating group) is 1. The molecule has 0 radical (unpaired) electrons. The standard InChI is InChI=1S/C16H32N2O/c1-4-5-14-6-7-16(19)15(10-14)12-18-9-8-17(3)11-13(18)2/h13-16,19H,4-12H2,1-3H3. The van der Waals surface area contributed by atoms with Gasteiger partial charge in [0.25, 0.3) is 0 Å². The first-order valence-electron chi connectivity index (χ1n) is 8.20. The number of hydrogen-bond acceptors (Lipinski definition) is 3. The van der Waals surface area contributed by atoms with E-state index in [9.17, 15) is 5.11 Å². The summed E-state index contributed by atoms with van der Waals surface area (Å²) in [7, 11) is 2.21. The predicted octanol–water partition coefficient (Wildman–Crippen LogP) is 2.20. The van der Waals surface area contributed by atoms with Gasteiger partial charge in [0.05, 0.1) is 6.10 Å². The minimum absolute atomic E-state index is 0.0556. The molecule has 1 aliphatic carbocycles. The van der Waals surface area contributed by atoms with Gasteiger partial charge in [-0.05, 0) is 45.1 Å². The number of piperazine rings is 1. The molecule has 1 saturated heterocycles. The Labute approximate surface area is 119 Å². The van der Waals surface area contributed by atoms with Gasteiger partial charge in [0.2, 0.25) is 0 Å². The van der Waals surface area contributed by atoms with E-state index in [0.717, 1.165) is 18.9 Å². The van der Waals surface area contributed by atoms with Crippen LogP contribution < -0.4 is 0 Å². The highest BCUT2D eigenvalue weighted by Gasteiger charge is 2.32. The molecule has 0 bridgehead atoms. The number of aliphatic hydroxyl groups is 1. The molecule has 0 aromatic heterocycles. The van der Waals surface area contributed by atoms with Crippen LogP contribution in [0.2, 0.25) is 0 Å². The summed E-state index contributed by atoms with van der Waals surface area (Å²) in [4.78, 5) is 5.01. The molecule has 1 aliphatic heterocycles. The maximum atomic E-state index is 10.3. The topological polar surface area (TPSA) is 26.7 Å². The lowest BCUT2D eigenvalue weighted by atomic mass is 9.77. The summed E-state index contributed by atoms with van der Waals surface area (Å²) >= 11 is 0. The highest BCUT2D eigenvalue weighted by atomic mass is 16.3. The normalized spacial score (nSPS) is 38.5. The number of hydrogen-bond donors (Lipinski definition) is 1. The van der Waals surface area contributed by atoms with Gasteiger partial charge in [0, 0.05) is 32.2 Å². The first kappa shape index (κ1) is 15.3. The van der Waals surface area contributed by atoms with E-state index in [-0.39, 0.29) is 6.10 Å². The molecule has 2 aliphatic rings. The zero-order valence-electron chi connectivity index (χ0n) is 13.0. The average Bonchev–Trinajstić information content (AvgIpc) is 2.37. The molecule has 2 fully saturated rings. The largest absolute Gasteiger partial charge is 0.393 e. The van der Waals surface area contributed by atoms with Crippen molar-refractivity contribution in [3.05, 3.63) is 0 Å². The molecular formula is C16H32N2O. The molecule has 19 heavy (non-hydrogen) atoms. The van der Waals surface area contributed by atoms with Gasteiger partial charge in [0.1, 0.15) is 0 Å². The smallest absolute Gasteiger partial charge is 0.0580 e. The highest BCUT2D eigenvalue weighted by Crippen LogP contribution is 2.33. The van der Waals surface area contributed by atoms with Gasteiger partial charge in [-0.1, -0.05) is 19.8 Å². The van der Waals surface area contributed by atoms with Gasteiger partial charge in [0.15, 0.2) is 0 Å². The molecule has 1 N–H and O–H groups in total. The monoisotopic (exact) mass is 268 g/mol. The van der Waals surface area contributed by atoms with Crippen molar-refractivity contribution in [2.45, 2.75) is 58.1 Å². The zero-order valence-corrected chi connectivity index (χ0v) is 13.0. The molecule has 3 heteroatoms. The fourth-order valence-electron chi connectivity index (χ4n) is 3.96. The molecule has 4 atom stereocenters. The van der Waals surface area contributed by atoms with Crippen LogP contribution in [0.1, 0.15) is 46.0 Å². The van der Waals surface area contributed by atoms with Gasteiger partial charge < -0.3 is 10.0 Å². The van der Waals surface area contributed by atoms with Crippen molar-refractivity contribution in [1.82, 2.24) is 9.80 Å². The second-order valence-electron chi connectivity index (χ2n) is 6.90. The summed E-state index contributed by atoms with van der Waals surface area (Å²) in [5, 5.41) is 10.3. The average molecular weight is 268 g/mol. The summed E-state index contributed by atoms with van der Waals surface area (Å²) in [6.45, 7) is 9.22. The lowest BCUT2D eigenvalue weighted by molar-refractivity contribution is 0.00416. The van der Waals surface area contributed by atoms with Crippen LogP contribution in [0, 0.1) is 11.8 Å². The molecule has 2 rings (SSSR count). The summed E-state index contributed by atoms with van der Waals surface area (Å²) in [5.74, 6) is 1.37. The van der Waals surface area contributed by atoms with Gasteiger partial charge in [-0.3, -0.25) is 4.90 Å². The Kier molecular flexibility index (Phi) is 5.67. The van der Waals surface area contributed by atoms with Crippen LogP contribution in [0.3, 0.4) is 0 Å². The van der Waals surface area contributed by atoms with Crippen molar-refractivity contribution < 1.29 is 5.11 Å². The third-order valence-corrected chi connectivity index (χ3v) is 5.19. The van der Waals surface area contributed by atoms with Crippen LogP contribution in [0.5, 0.6) is 0 Å². The minimum atomic E-state index is -0.0556. The summed E-state index contributed by atoms with van der Waals surface area (Å²) in [5.41, 5.74) is 0. The molecule has 0 amide bonds. The molecule has 112 valence electrons. The Balaban J connectivity index is 1.85. The SMILES string of the molecule is CCCC1CCC(O)C(CN2CCN(C)CC2C)C1. The van der Waals surface area contributed by atoms with E-state index in [4.69, 9.17) is 0 Å². The second-order valence-corrected chi connectivity index (χ2v) is 6.90. The van der Waals surface area contributed by atoms with Crippen molar-refractivity contribution in [2.24, 2.45) is 11.8 Å². The van der Waals surface area contributed by atoms with Crippen molar-refractivity contribution in [3.63, 3.8) is 0 Å². The van der Waals surface area contributed by atoms with E-state index < -0.39 is 0 Å². The van der Waals surface area contributed by atoms with Crippen LogP contribution in [0.4, 0.5) is 0 Å². The van der Waals surface area contributed by atoms with Crippen LogP contribution in [-0.2, 0) is 0 Å². The minimum Gasteiger partial charge on any atom is -0.393 e. The van der Waals surface area contributed by atoms with Gasteiger partial charge in [-0.25, -0.2) is 0 Å². The summed E-state index contributed by atoms with van der Waals surface area (Å²) in [6, 6.07) is 0.637. The van der Waals surface area contributed by atoms with Crippen LogP contribution >= 0.6 is 0 Å². The predicted molar refractivity (Wildman–Crippen MR) is 80.3 cm³/mol. The Morgan fingerprint density at radius 2 is 2.00 bits per heavy atom. The van der Waals surface area contributed by atoms with Crippen molar-refractivity contribution >= 4 is 0 Å². The van der Waals surface area contributed by atoms with Crippen LogP contribution in [-0.4, -0.2) is 60.3 Å². The van der Waals surface area contributed by atoms with Crippen molar-refractivity contribution in [1.29, 1.82) is 0 Å². The first-order valence-corrected chi connectivity index (χ1v) is 8.20. The Morgan fingerprint density at radius 1 is 1.21 bits per heavy atom. The third-order valence-electron chi connectivity index (χ3n) is 5.19. The first-order chi connectivity index (χ1) is 9.10. The Morgan fingerprint density at radius 3 is 2.68 bits per heavy atom. The second kappa shape index (κ2) is 7.05. The number of nitrogens with zero attached hydrogens (tertiary/aromatic N) is 2. The van der Waals surface area contributed by atoms with E-state index in [1.807, 2.05) is 0 Å². The highest BCUT2D eigenvalue weighted by molar-refractivity contribution is 4.85. The van der Waals surface area contributed by atoms with Crippen LogP contribution in [0.25, 0.3) is 0 Å². The van der Waals surface area contributed by atoms with E-state index >= 15 is 0 Å². The Bertz CT molecular complexity index is 271. The lowest BCUT2D eigenvalue weighted by Gasteiger charge is -2.42. The molecule has 0 aromatic carbocycles. The van der Waals surface area contributed by atoms with E-state index in [1.54, 1.807) is 0 Å². The maximum Gasteiger partial charge on any atom is 0.0580 e. The maximum absolute atomic E-state index is 10.3. The van der Waals surface area contributed by atoms with Gasteiger partial charge in [-0.15, -0.1) is 0 Å².